The van der Waals surface area contributed by atoms with E-state index in [9.17, 15) is 4.79 Å². The van der Waals surface area contributed by atoms with E-state index in [2.05, 4.69) is 12.2 Å². The summed E-state index contributed by atoms with van der Waals surface area (Å²) in [5, 5.41) is 2.94. The molecule has 0 unspecified atom stereocenters. The van der Waals surface area contributed by atoms with Gasteiger partial charge in [0.25, 0.3) is 5.91 Å². The van der Waals surface area contributed by atoms with Gasteiger partial charge in [0.05, 0.1) is 30.9 Å². The van der Waals surface area contributed by atoms with Crippen molar-refractivity contribution in [1.82, 2.24) is 19.9 Å². The van der Waals surface area contributed by atoms with Gasteiger partial charge in [-0.15, -0.1) is 0 Å². The number of nitrogens with two attached hydrogens (primary N) is 1. The van der Waals surface area contributed by atoms with E-state index in [1.807, 2.05) is 30.3 Å². The van der Waals surface area contributed by atoms with Crippen LogP contribution >= 0.6 is 0 Å². The number of benzene rings is 2. The molecule has 0 fully saturated rings. The second-order valence-electron chi connectivity index (χ2n) is 7.13. The maximum atomic E-state index is 13.0. The van der Waals surface area contributed by atoms with Crippen LogP contribution in [0.2, 0.25) is 0 Å². The second kappa shape index (κ2) is 8.51. The molecule has 0 saturated carbocycles. The van der Waals surface area contributed by atoms with E-state index in [0.29, 0.717) is 51.5 Å². The third kappa shape index (κ3) is 3.61. The lowest BCUT2D eigenvalue weighted by molar-refractivity contribution is 0.0955. The topological polar surface area (TPSA) is 104 Å². The number of rotatable bonds is 7. The van der Waals surface area contributed by atoms with Crippen LogP contribution < -0.4 is 20.5 Å². The van der Waals surface area contributed by atoms with Crippen molar-refractivity contribution in [3.05, 3.63) is 48.0 Å². The highest BCUT2D eigenvalue weighted by molar-refractivity contribution is 6.11. The first-order valence-electron chi connectivity index (χ1n) is 10.2. The zero-order chi connectivity index (χ0) is 22.0. The normalized spacial score (nSPS) is 11.1. The number of nitrogens with zero attached hydrogens (tertiary/aromatic N) is 3. The maximum Gasteiger partial charge on any atom is 0.257 e. The molecule has 31 heavy (non-hydrogen) atoms. The van der Waals surface area contributed by atoms with Gasteiger partial charge in [0.15, 0.2) is 17.1 Å². The number of ether oxygens (including phenoxy) is 2. The van der Waals surface area contributed by atoms with Crippen LogP contribution in [0.3, 0.4) is 0 Å². The molecule has 0 aliphatic rings. The first-order chi connectivity index (χ1) is 15.1. The zero-order valence-electron chi connectivity index (χ0n) is 17.8. The van der Waals surface area contributed by atoms with Crippen LogP contribution in [0.25, 0.3) is 27.9 Å². The third-order valence-corrected chi connectivity index (χ3v) is 5.17. The summed E-state index contributed by atoms with van der Waals surface area (Å²) in [4.78, 5) is 22.6. The standard InChI is InChI=1S/C23H25N5O3/c1-4-5-12-25-23(29)19-20-22(27-16-9-7-6-8-15(16)26-20)28(21(19)24)14-10-11-17(30-2)18(13-14)31-3/h6-11,13H,4-5,12,24H2,1-3H3,(H,25,29). The molecule has 4 rings (SSSR count). The molecule has 4 aromatic rings. The summed E-state index contributed by atoms with van der Waals surface area (Å²) in [5.74, 6) is 1.14. The first-order valence-corrected chi connectivity index (χ1v) is 10.2. The number of hydrogen-bond acceptors (Lipinski definition) is 6. The second-order valence-corrected chi connectivity index (χ2v) is 7.13. The molecule has 0 aliphatic heterocycles. The molecule has 0 bridgehead atoms. The molecule has 2 aromatic heterocycles. The highest BCUT2D eigenvalue weighted by Crippen LogP contribution is 2.35. The summed E-state index contributed by atoms with van der Waals surface area (Å²) in [6.07, 6.45) is 1.86. The lowest BCUT2D eigenvalue weighted by Crippen LogP contribution is -2.25. The van der Waals surface area contributed by atoms with Gasteiger partial charge in [-0.2, -0.15) is 0 Å². The Morgan fingerprint density at radius 1 is 1.06 bits per heavy atom. The highest BCUT2D eigenvalue weighted by atomic mass is 16.5. The van der Waals surface area contributed by atoms with Crippen LogP contribution in [0, 0.1) is 0 Å². The summed E-state index contributed by atoms with van der Waals surface area (Å²) in [5.41, 5.74) is 9.91. The number of carbonyl (C=O) groups excluding carboxylic acids is 1. The summed E-state index contributed by atoms with van der Waals surface area (Å²) in [7, 11) is 3.14. The van der Waals surface area contributed by atoms with Crippen LogP contribution in [0.1, 0.15) is 30.1 Å². The number of fused-ring (bicyclic) bond motifs is 2. The van der Waals surface area contributed by atoms with Crippen molar-refractivity contribution < 1.29 is 14.3 Å². The number of amides is 1. The van der Waals surface area contributed by atoms with Gasteiger partial charge in [-0.1, -0.05) is 25.5 Å². The van der Waals surface area contributed by atoms with Crippen molar-refractivity contribution in [3.63, 3.8) is 0 Å². The van der Waals surface area contributed by atoms with Gasteiger partial charge in [-0.25, -0.2) is 9.97 Å². The van der Waals surface area contributed by atoms with Gasteiger partial charge in [0.2, 0.25) is 0 Å². The Bertz CT molecular complexity index is 1270. The molecule has 160 valence electrons. The summed E-state index contributed by atoms with van der Waals surface area (Å²) in [6, 6.07) is 13.0. The largest absolute Gasteiger partial charge is 0.493 e. The molecule has 0 radical (unpaired) electrons. The van der Waals surface area contributed by atoms with Gasteiger partial charge in [-0.05, 0) is 30.7 Å². The minimum absolute atomic E-state index is 0.264. The monoisotopic (exact) mass is 419 g/mol. The molecule has 0 atom stereocenters. The number of aromatic nitrogens is 3. The molecule has 8 heteroatoms. The molecule has 8 nitrogen and oxygen atoms in total. The quantitative estimate of drug-likeness (QED) is 0.443. The number of nitrogen functional groups attached to an aromatic ring is 1. The SMILES string of the molecule is CCCCNC(=O)c1c(N)n(-c2ccc(OC)c(OC)c2)c2nc3ccccc3nc12. The Morgan fingerprint density at radius 3 is 2.45 bits per heavy atom. The molecule has 2 heterocycles. The number of nitrogens with one attached hydrogen (secondary N) is 1. The third-order valence-electron chi connectivity index (χ3n) is 5.17. The van der Waals surface area contributed by atoms with Crippen LogP contribution in [-0.2, 0) is 0 Å². The Hall–Kier alpha value is -3.81. The average molecular weight is 419 g/mol. The number of hydrogen-bond donors (Lipinski definition) is 2. The predicted octanol–water partition coefficient (Wildman–Crippen LogP) is 3.70. The molecule has 0 saturated heterocycles. The van der Waals surface area contributed by atoms with Crippen LogP contribution in [0.4, 0.5) is 5.82 Å². The average Bonchev–Trinajstić information content (AvgIpc) is 3.07. The number of carbonyl (C=O) groups is 1. The Balaban J connectivity index is 1.97. The number of methoxy groups -OCH3 is 2. The fourth-order valence-electron chi connectivity index (χ4n) is 3.58. The van der Waals surface area contributed by atoms with E-state index in [0.717, 1.165) is 12.8 Å². The van der Waals surface area contributed by atoms with Crippen LogP contribution in [0.15, 0.2) is 42.5 Å². The van der Waals surface area contributed by atoms with E-state index < -0.39 is 0 Å². The van der Waals surface area contributed by atoms with Crippen molar-refractivity contribution in [3.8, 4) is 17.2 Å². The molecule has 2 aromatic carbocycles. The first kappa shape index (κ1) is 20.5. The van der Waals surface area contributed by atoms with E-state index in [4.69, 9.17) is 25.2 Å². The fraction of sp³-hybridized carbons (Fsp3) is 0.261. The van der Waals surface area contributed by atoms with Gasteiger partial charge < -0.3 is 20.5 Å². The minimum Gasteiger partial charge on any atom is -0.493 e. The molecule has 3 N–H and O–H groups in total. The lowest BCUT2D eigenvalue weighted by Gasteiger charge is -2.12. The lowest BCUT2D eigenvalue weighted by atomic mass is 10.2. The summed E-state index contributed by atoms with van der Waals surface area (Å²) >= 11 is 0. The van der Waals surface area contributed by atoms with Crippen LogP contribution in [0.5, 0.6) is 11.5 Å². The summed E-state index contributed by atoms with van der Waals surface area (Å²) < 4.78 is 12.5. The van der Waals surface area contributed by atoms with E-state index in [1.54, 1.807) is 30.9 Å². The van der Waals surface area contributed by atoms with Gasteiger partial charge in [0.1, 0.15) is 16.9 Å². The number of para-hydroxylation sites is 2. The number of anilines is 1. The molecular weight excluding hydrogens is 394 g/mol. The summed E-state index contributed by atoms with van der Waals surface area (Å²) in [6.45, 7) is 2.64. The molecule has 0 aliphatic carbocycles. The van der Waals surface area contributed by atoms with Crippen LogP contribution in [-0.4, -0.2) is 41.2 Å². The van der Waals surface area contributed by atoms with Gasteiger partial charge >= 0.3 is 0 Å². The zero-order valence-corrected chi connectivity index (χ0v) is 17.8. The van der Waals surface area contributed by atoms with Crippen molar-refractivity contribution in [2.24, 2.45) is 0 Å². The van der Waals surface area contributed by atoms with Gasteiger partial charge in [0, 0.05) is 12.6 Å². The maximum absolute atomic E-state index is 13.0. The number of unbranched alkanes of at least 4 members (excludes halogenated alkanes) is 1. The van der Waals surface area contributed by atoms with E-state index in [1.165, 1.54) is 0 Å². The van der Waals surface area contributed by atoms with E-state index in [-0.39, 0.29) is 11.7 Å². The van der Waals surface area contributed by atoms with E-state index >= 15 is 0 Å². The Morgan fingerprint density at radius 2 is 1.77 bits per heavy atom. The Kier molecular flexibility index (Phi) is 5.62. The molecular formula is C23H25N5O3. The van der Waals surface area contributed by atoms with Crippen molar-refractivity contribution in [2.45, 2.75) is 19.8 Å². The molecule has 0 spiro atoms. The van der Waals surface area contributed by atoms with Crippen molar-refractivity contribution >= 4 is 33.9 Å². The van der Waals surface area contributed by atoms with Gasteiger partial charge in [-0.3, -0.25) is 9.36 Å². The predicted molar refractivity (Wildman–Crippen MR) is 121 cm³/mol. The highest BCUT2D eigenvalue weighted by Gasteiger charge is 2.25. The fourth-order valence-corrected chi connectivity index (χ4v) is 3.58. The Labute approximate surface area is 180 Å². The smallest absolute Gasteiger partial charge is 0.257 e. The van der Waals surface area contributed by atoms with Crippen molar-refractivity contribution in [1.29, 1.82) is 0 Å². The molecule has 1 amide bonds. The van der Waals surface area contributed by atoms with Crippen molar-refractivity contribution in [2.75, 3.05) is 26.5 Å². The minimum atomic E-state index is -0.264.